The summed E-state index contributed by atoms with van der Waals surface area (Å²) in [4.78, 5) is 24.5. The number of benzene rings is 2. The van der Waals surface area contributed by atoms with E-state index in [2.05, 4.69) is 57.4 Å². The molecular weight excluding hydrogens is 560 g/mol. The fourth-order valence-electron chi connectivity index (χ4n) is 2.74. The van der Waals surface area contributed by atoms with Crippen LogP contribution in [-0.2, 0) is 22.4 Å². The summed E-state index contributed by atoms with van der Waals surface area (Å²) in [7, 11) is 0. The summed E-state index contributed by atoms with van der Waals surface area (Å²) in [6, 6.07) is 11.3. The number of carbonyl (C=O) groups is 2. The number of nitrogens with zero attached hydrogens (tertiary/aromatic N) is 2. The van der Waals surface area contributed by atoms with Crippen molar-refractivity contribution >= 4 is 55.3 Å². The van der Waals surface area contributed by atoms with Crippen LogP contribution >= 0.6 is 31.9 Å². The van der Waals surface area contributed by atoms with Gasteiger partial charge in [-0.3, -0.25) is 9.59 Å². The fraction of sp³-hybridized carbons (Fsp3) is 0.273. The number of hydrogen-bond acceptors (Lipinski definition) is 7. The molecule has 0 spiro atoms. The minimum atomic E-state index is -0.496. The van der Waals surface area contributed by atoms with E-state index in [9.17, 15) is 9.59 Å². The highest BCUT2D eigenvalue weighted by molar-refractivity contribution is 9.10. The maximum Gasteiger partial charge on any atom is 0.263 e. The Labute approximate surface area is 207 Å². The number of nitrogens with one attached hydrogen (secondary N) is 2. The topological polar surface area (TPSA) is 116 Å². The van der Waals surface area contributed by atoms with Crippen molar-refractivity contribution in [2.24, 2.45) is 0 Å². The third kappa shape index (κ3) is 7.03. The van der Waals surface area contributed by atoms with Gasteiger partial charge in [-0.2, -0.15) is 0 Å². The van der Waals surface area contributed by atoms with Gasteiger partial charge in [0.15, 0.2) is 13.2 Å². The van der Waals surface area contributed by atoms with Crippen molar-refractivity contribution in [2.45, 2.75) is 26.7 Å². The lowest BCUT2D eigenvalue weighted by Gasteiger charge is -2.10. The van der Waals surface area contributed by atoms with Crippen LogP contribution in [0.15, 0.2) is 50.0 Å². The summed E-state index contributed by atoms with van der Waals surface area (Å²) < 4.78 is 17.2. The number of hydrogen-bond donors (Lipinski definition) is 2. The first-order valence-corrected chi connectivity index (χ1v) is 11.7. The van der Waals surface area contributed by atoms with Gasteiger partial charge in [-0.1, -0.05) is 26.0 Å². The maximum atomic E-state index is 12.3. The van der Waals surface area contributed by atoms with Crippen molar-refractivity contribution in [2.75, 3.05) is 23.8 Å². The number of halogens is 2. The lowest BCUT2D eigenvalue weighted by atomic mass is 10.2. The maximum absolute atomic E-state index is 12.3. The summed E-state index contributed by atoms with van der Waals surface area (Å²) in [5.41, 5.74) is 2.28. The second kappa shape index (κ2) is 11.8. The van der Waals surface area contributed by atoms with E-state index in [0.717, 1.165) is 32.9 Å². The summed E-state index contributed by atoms with van der Waals surface area (Å²) in [5.74, 6) is -0.00163. The van der Waals surface area contributed by atoms with Crippen molar-refractivity contribution in [1.82, 2.24) is 10.3 Å². The van der Waals surface area contributed by atoms with Gasteiger partial charge in [0.2, 0.25) is 11.6 Å². The zero-order chi connectivity index (χ0) is 23.8. The lowest BCUT2D eigenvalue weighted by molar-refractivity contribution is -0.119. The minimum absolute atomic E-state index is 0.0363. The molecule has 0 unspecified atom stereocenters. The van der Waals surface area contributed by atoms with Gasteiger partial charge in [0, 0.05) is 0 Å². The molecule has 0 saturated heterocycles. The lowest BCUT2D eigenvalue weighted by Crippen LogP contribution is -2.24. The molecule has 174 valence electrons. The van der Waals surface area contributed by atoms with E-state index in [1.54, 1.807) is 12.1 Å². The summed E-state index contributed by atoms with van der Waals surface area (Å²) in [5, 5.41) is 12.2. The van der Waals surface area contributed by atoms with Gasteiger partial charge >= 0.3 is 0 Å². The second-order valence-corrected chi connectivity index (χ2v) is 8.58. The fourth-order valence-corrected chi connectivity index (χ4v) is 3.82. The Kier molecular flexibility index (Phi) is 8.84. The van der Waals surface area contributed by atoms with Gasteiger partial charge in [-0.25, -0.2) is 4.63 Å². The third-order valence-corrected chi connectivity index (χ3v) is 5.77. The number of aryl methyl sites for hydroxylation is 2. The zero-order valence-corrected chi connectivity index (χ0v) is 21.2. The van der Waals surface area contributed by atoms with Crippen LogP contribution in [0.2, 0.25) is 0 Å². The third-order valence-electron chi connectivity index (χ3n) is 4.53. The van der Waals surface area contributed by atoms with Gasteiger partial charge < -0.3 is 20.1 Å². The van der Waals surface area contributed by atoms with Crippen LogP contribution < -0.4 is 20.1 Å². The van der Waals surface area contributed by atoms with Gasteiger partial charge in [-0.05, 0) is 90.4 Å². The number of aromatic nitrogens is 2. The standard InChI is InChI=1S/C22H22Br2N4O5/c1-3-13-5-7-17(15(23)9-13)31-11-19(29)25-21-22(28-33-27-21)26-20(30)12-32-18-8-6-14(4-2)10-16(18)24/h5-10H,3-4,11-12H2,1-2H3,(H,25,27,29)(H,26,28,30). The molecular formula is C22H22Br2N4O5. The first kappa shape index (κ1) is 24.7. The Morgan fingerprint density at radius 3 is 1.61 bits per heavy atom. The first-order chi connectivity index (χ1) is 15.9. The highest BCUT2D eigenvalue weighted by Crippen LogP contribution is 2.27. The van der Waals surface area contributed by atoms with Crippen LogP contribution in [0.4, 0.5) is 11.6 Å². The molecule has 2 N–H and O–H groups in total. The Bertz CT molecular complexity index is 1050. The number of amides is 2. The minimum Gasteiger partial charge on any atom is -0.483 e. The van der Waals surface area contributed by atoms with Crippen molar-refractivity contribution in [1.29, 1.82) is 0 Å². The van der Waals surface area contributed by atoms with Crippen molar-refractivity contribution in [3.8, 4) is 11.5 Å². The van der Waals surface area contributed by atoms with Crippen molar-refractivity contribution in [3.63, 3.8) is 0 Å². The largest absolute Gasteiger partial charge is 0.483 e. The molecule has 0 saturated carbocycles. The molecule has 3 aromatic rings. The molecule has 0 aliphatic rings. The van der Waals surface area contributed by atoms with Crippen molar-refractivity contribution in [3.05, 3.63) is 56.5 Å². The average Bonchev–Trinajstić information content (AvgIpc) is 3.23. The Balaban J connectivity index is 1.51. The van der Waals surface area contributed by atoms with E-state index >= 15 is 0 Å². The van der Waals surface area contributed by atoms with Crippen LogP contribution in [-0.4, -0.2) is 35.3 Å². The monoisotopic (exact) mass is 580 g/mol. The van der Waals surface area contributed by atoms with E-state index in [1.165, 1.54) is 0 Å². The second-order valence-electron chi connectivity index (χ2n) is 6.87. The normalized spacial score (nSPS) is 10.5. The van der Waals surface area contributed by atoms with E-state index in [4.69, 9.17) is 9.47 Å². The number of rotatable bonds is 10. The molecule has 3 rings (SSSR count). The molecule has 0 radical (unpaired) electrons. The Hall–Kier alpha value is -2.92. The molecule has 0 bridgehead atoms. The molecule has 33 heavy (non-hydrogen) atoms. The molecule has 1 aromatic heterocycles. The van der Waals surface area contributed by atoms with Crippen LogP contribution in [0.1, 0.15) is 25.0 Å². The smallest absolute Gasteiger partial charge is 0.263 e. The highest BCUT2D eigenvalue weighted by Gasteiger charge is 2.17. The average molecular weight is 582 g/mol. The first-order valence-electron chi connectivity index (χ1n) is 10.1. The number of ether oxygens (including phenoxy) is 2. The molecule has 2 aromatic carbocycles. The van der Waals surface area contributed by atoms with Crippen LogP contribution in [0.5, 0.6) is 11.5 Å². The number of carbonyl (C=O) groups excluding carboxylic acids is 2. The molecule has 0 aliphatic carbocycles. The van der Waals surface area contributed by atoms with E-state index in [0.29, 0.717) is 11.5 Å². The Morgan fingerprint density at radius 1 is 0.818 bits per heavy atom. The molecule has 0 aliphatic heterocycles. The van der Waals surface area contributed by atoms with Crippen molar-refractivity contribution < 1.29 is 23.7 Å². The number of anilines is 2. The van der Waals surface area contributed by atoms with Crippen LogP contribution in [0, 0.1) is 0 Å². The van der Waals surface area contributed by atoms with Gasteiger partial charge in [-0.15, -0.1) is 0 Å². The predicted molar refractivity (Wildman–Crippen MR) is 130 cm³/mol. The zero-order valence-electron chi connectivity index (χ0n) is 18.0. The molecule has 0 fully saturated rings. The molecule has 2 amide bonds. The summed E-state index contributed by atoms with van der Waals surface area (Å²) in [6.45, 7) is 3.56. The van der Waals surface area contributed by atoms with Gasteiger partial charge in [0.25, 0.3) is 11.8 Å². The van der Waals surface area contributed by atoms with E-state index in [-0.39, 0.29) is 24.8 Å². The SMILES string of the molecule is CCc1ccc(OCC(=O)Nc2nonc2NC(=O)COc2ccc(CC)cc2Br)c(Br)c1. The van der Waals surface area contributed by atoms with E-state index < -0.39 is 11.8 Å². The molecule has 0 atom stereocenters. The molecule has 1 heterocycles. The van der Waals surface area contributed by atoms with Crippen LogP contribution in [0.25, 0.3) is 0 Å². The Morgan fingerprint density at radius 2 is 1.24 bits per heavy atom. The molecule has 9 nitrogen and oxygen atoms in total. The summed E-state index contributed by atoms with van der Waals surface area (Å²) in [6.07, 6.45) is 1.78. The van der Waals surface area contributed by atoms with Gasteiger partial charge in [0.05, 0.1) is 8.95 Å². The van der Waals surface area contributed by atoms with Crippen LogP contribution in [0.3, 0.4) is 0 Å². The quantitative estimate of drug-likeness (QED) is 0.355. The predicted octanol–water partition coefficient (Wildman–Crippen LogP) is 4.75. The summed E-state index contributed by atoms with van der Waals surface area (Å²) >= 11 is 6.85. The molecule has 11 heteroatoms. The van der Waals surface area contributed by atoms with Gasteiger partial charge in [0.1, 0.15) is 11.5 Å². The highest BCUT2D eigenvalue weighted by atomic mass is 79.9. The van der Waals surface area contributed by atoms with E-state index in [1.807, 2.05) is 38.1 Å².